The Morgan fingerprint density at radius 3 is 2.89 bits per heavy atom. The van der Waals surface area contributed by atoms with E-state index >= 15 is 0 Å². The number of hydrogen-bond acceptors (Lipinski definition) is 2. The molecule has 1 heterocycles. The first-order valence-corrected chi connectivity index (χ1v) is 5.68. The van der Waals surface area contributed by atoms with Gasteiger partial charge in [-0.3, -0.25) is 0 Å². The highest BCUT2D eigenvalue weighted by atomic mass is 19.1. The first-order chi connectivity index (χ1) is 8.63. The second-order valence-electron chi connectivity index (χ2n) is 3.94. The van der Waals surface area contributed by atoms with Crippen LogP contribution in [0.5, 0.6) is 0 Å². The fourth-order valence-electron chi connectivity index (χ4n) is 1.80. The molecule has 94 valence electrons. The minimum Gasteiger partial charge on any atom is -0.478 e. The highest BCUT2D eigenvalue weighted by Gasteiger charge is 2.13. The van der Waals surface area contributed by atoms with E-state index in [4.69, 9.17) is 5.11 Å². The van der Waals surface area contributed by atoms with Gasteiger partial charge in [0.05, 0.1) is 11.1 Å². The van der Waals surface area contributed by atoms with Crippen LogP contribution in [-0.4, -0.2) is 20.6 Å². The van der Waals surface area contributed by atoms with E-state index in [-0.39, 0.29) is 5.56 Å². The van der Waals surface area contributed by atoms with Gasteiger partial charge in [-0.25, -0.2) is 14.2 Å². The van der Waals surface area contributed by atoms with Crippen LogP contribution < -0.4 is 0 Å². The summed E-state index contributed by atoms with van der Waals surface area (Å²) >= 11 is 0. The van der Waals surface area contributed by atoms with Gasteiger partial charge in [0.2, 0.25) is 0 Å². The molecule has 18 heavy (non-hydrogen) atoms. The van der Waals surface area contributed by atoms with Gasteiger partial charge in [0.1, 0.15) is 11.6 Å². The van der Waals surface area contributed by atoms with Gasteiger partial charge in [-0.15, -0.1) is 0 Å². The maximum Gasteiger partial charge on any atom is 0.335 e. The third-order valence-corrected chi connectivity index (χ3v) is 2.64. The molecule has 2 aromatic rings. The molecule has 0 aliphatic carbocycles. The van der Waals surface area contributed by atoms with Crippen molar-refractivity contribution in [2.45, 2.75) is 19.9 Å². The summed E-state index contributed by atoms with van der Waals surface area (Å²) in [4.78, 5) is 14.8. The number of aromatic nitrogens is 2. The zero-order valence-corrected chi connectivity index (χ0v) is 9.93. The molecule has 0 amide bonds. The van der Waals surface area contributed by atoms with Crippen molar-refractivity contribution in [1.29, 1.82) is 0 Å². The van der Waals surface area contributed by atoms with Gasteiger partial charge < -0.3 is 9.67 Å². The number of aryl methyl sites for hydroxylation is 1. The SMILES string of the molecule is CCCn1ccnc1-c1ccc(C(=O)O)cc1F. The normalized spacial score (nSPS) is 10.6. The van der Waals surface area contributed by atoms with Crippen LogP contribution in [0.1, 0.15) is 23.7 Å². The van der Waals surface area contributed by atoms with E-state index in [0.717, 1.165) is 19.0 Å². The molecule has 0 atom stereocenters. The lowest BCUT2D eigenvalue weighted by Gasteiger charge is -2.07. The molecule has 0 spiro atoms. The average molecular weight is 248 g/mol. The number of rotatable bonds is 4. The van der Waals surface area contributed by atoms with E-state index in [0.29, 0.717) is 11.4 Å². The topological polar surface area (TPSA) is 55.1 Å². The number of carboxylic acid groups (broad SMARTS) is 1. The smallest absolute Gasteiger partial charge is 0.335 e. The summed E-state index contributed by atoms with van der Waals surface area (Å²) in [5.74, 6) is -1.19. The highest BCUT2D eigenvalue weighted by Crippen LogP contribution is 2.22. The Labute approximate surface area is 104 Å². The third kappa shape index (κ3) is 2.25. The second-order valence-corrected chi connectivity index (χ2v) is 3.94. The maximum absolute atomic E-state index is 13.9. The Kier molecular flexibility index (Phi) is 3.41. The van der Waals surface area contributed by atoms with Gasteiger partial charge in [-0.2, -0.15) is 0 Å². The lowest BCUT2D eigenvalue weighted by atomic mass is 10.1. The minimum atomic E-state index is -1.14. The number of halogens is 1. The fourth-order valence-corrected chi connectivity index (χ4v) is 1.80. The van der Waals surface area contributed by atoms with Crippen molar-refractivity contribution in [2.75, 3.05) is 0 Å². The molecule has 0 unspecified atom stereocenters. The van der Waals surface area contributed by atoms with Gasteiger partial charge in [0.15, 0.2) is 0 Å². The van der Waals surface area contributed by atoms with Crippen molar-refractivity contribution >= 4 is 5.97 Å². The van der Waals surface area contributed by atoms with Gasteiger partial charge in [-0.05, 0) is 24.6 Å². The molecule has 0 bridgehead atoms. The number of hydrogen-bond donors (Lipinski definition) is 1. The van der Waals surface area contributed by atoms with E-state index in [1.807, 2.05) is 11.5 Å². The molecular weight excluding hydrogens is 235 g/mol. The molecule has 0 aliphatic heterocycles. The number of aromatic carboxylic acids is 1. The zero-order valence-electron chi connectivity index (χ0n) is 9.93. The van der Waals surface area contributed by atoms with Crippen LogP contribution in [0.4, 0.5) is 4.39 Å². The lowest BCUT2D eigenvalue weighted by molar-refractivity contribution is 0.0696. The summed E-state index contributed by atoms with van der Waals surface area (Å²) < 4.78 is 15.7. The van der Waals surface area contributed by atoms with Crippen molar-refractivity contribution in [3.05, 3.63) is 42.0 Å². The maximum atomic E-state index is 13.9. The van der Waals surface area contributed by atoms with Gasteiger partial charge in [0.25, 0.3) is 0 Å². The average Bonchev–Trinajstić information content (AvgIpc) is 2.77. The van der Waals surface area contributed by atoms with Crippen molar-refractivity contribution < 1.29 is 14.3 Å². The molecule has 0 fully saturated rings. The summed E-state index contributed by atoms with van der Waals surface area (Å²) in [7, 11) is 0. The molecule has 1 aromatic carbocycles. The van der Waals surface area contributed by atoms with E-state index in [9.17, 15) is 9.18 Å². The van der Waals surface area contributed by atoms with E-state index in [1.165, 1.54) is 12.1 Å². The summed E-state index contributed by atoms with van der Waals surface area (Å²) in [5, 5.41) is 8.78. The standard InChI is InChI=1S/C13H13FN2O2/c1-2-6-16-7-5-15-12(16)10-4-3-9(13(17)18)8-11(10)14/h3-5,7-8H,2,6H2,1H3,(H,17,18). The third-order valence-electron chi connectivity index (χ3n) is 2.64. The van der Waals surface area contributed by atoms with Crippen molar-refractivity contribution in [3.8, 4) is 11.4 Å². The van der Waals surface area contributed by atoms with Crippen LogP contribution in [0, 0.1) is 5.82 Å². The molecule has 2 rings (SSSR count). The first-order valence-electron chi connectivity index (χ1n) is 5.68. The highest BCUT2D eigenvalue weighted by molar-refractivity contribution is 5.88. The molecule has 1 aromatic heterocycles. The quantitative estimate of drug-likeness (QED) is 0.905. The van der Waals surface area contributed by atoms with Gasteiger partial charge in [0, 0.05) is 18.9 Å². The number of carbonyl (C=O) groups is 1. The largest absolute Gasteiger partial charge is 0.478 e. The lowest BCUT2D eigenvalue weighted by Crippen LogP contribution is -2.02. The Morgan fingerprint density at radius 1 is 1.50 bits per heavy atom. The molecular formula is C13H13FN2O2. The predicted molar refractivity (Wildman–Crippen MR) is 64.9 cm³/mol. The molecule has 0 radical (unpaired) electrons. The van der Waals surface area contributed by atoms with Gasteiger partial charge in [-0.1, -0.05) is 6.92 Å². The summed E-state index contributed by atoms with van der Waals surface area (Å²) in [6.07, 6.45) is 4.30. The van der Waals surface area contributed by atoms with Crippen molar-refractivity contribution in [2.24, 2.45) is 0 Å². The molecule has 0 saturated carbocycles. The first kappa shape index (κ1) is 12.3. The molecule has 4 nitrogen and oxygen atoms in total. The number of nitrogens with zero attached hydrogens (tertiary/aromatic N) is 2. The summed E-state index contributed by atoms with van der Waals surface area (Å²) in [6.45, 7) is 2.77. The Morgan fingerprint density at radius 2 is 2.28 bits per heavy atom. The van der Waals surface area contributed by atoms with Crippen LogP contribution in [0.15, 0.2) is 30.6 Å². The summed E-state index contributed by atoms with van der Waals surface area (Å²) in [5.41, 5.74) is 0.253. The minimum absolute atomic E-state index is 0.0650. The number of imidazole rings is 1. The summed E-state index contributed by atoms with van der Waals surface area (Å²) in [6, 6.07) is 3.85. The van der Waals surface area contributed by atoms with E-state index < -0.39 is 11.8 Å². The monoisotopic (exact) mass is 248 g/mol. The number of benzene rings is 1. The van der Waals surface area contributed by atoms with Crippen LogP contribution >= 0.6 is 0 Å². The Bertz CT molecular complexity index is 578. The Balaban J connectivity index is 2.44. The Hall–Kier alpha value is -2.17. The molecule has 1 N–H and O–H groups in total. The van der Waals surface area contributed by atoms with Crippen LogP contribution in [-0.2, 0) is 6.54 Å². The fraction of sp³-hybridized carbons (Fsp3) is 0.231. The second kappa shape index (κ2) is 5.00. The van der Waals surface area contributed by atoms with Crippen LogP contribution in [0.3, 0.4) is 0 Å². The van der Waals surface area contributed by atoms with E-state index in [2.05, 4.69) is 4.98 Å². The van der Waals surface area contributed by atoms with Crippen LogP contribution in [0.2, 0.25) is 0 Å². The van der Waals surface area contributed by atoms with Gasteiger partial charge >= 0.3 is 5.97 Å². The number of carboxylic acids is 1. The van der Waals surface area contributed by atoms with E-state index in [1.54, 1.807) is 12.4 Å². The predicted octanol–water partition coefficient (Wildman–Crippen LogP) is 2.80. The molecule has 0 aliphatic rings. The van der Waals surface area contributed by atoms with Crippen molar-refractivity contribution in [3.63, 3.8) is 0 Å². The van der Waals surface area contributed by atoms with Crippen LogP contribution in [0.25, 0.3) is 11.4 Å². The zero-order chi connectivity index (χ0) is 13.1. The molecule has 5 heteroatoms. The van der Waals surface area contributed by atoms with Crippen molar-refractivity contribution in [1.82, 2.24) is 9.55 Å². The molecule has 0 saturated heterocycles.